The minimum Gasteiger partial charge on any atom is -0.276 e. The van der Waals surface area contributed by atoms with Crippen LogP contribution in [0.1, 0.15) is 0 Å². The van der Waals surface area contributed by atoms with Gasteiger partial charge in [-0.2, -0.15) is 0 Å². The van der Waals surface area contributed by atoms with E-state index in [1.807, 2.05) is 0 Å². The molecule has 2 aromatic rings. The monoisotopic (exact) mass is 366 g/mol. The van der Waals surface area contributed by atoms with Crippen molar-refractivity contribution in [1.29, 1.82) is 0 Å². The fraction of sp³-hybridized carbons (Fsp3) is 0. The van der Waals surface area contributed by atoms with Crippen LogP contribution in [0.15, 0.2) is 40.0 Å². The molecule has 0 atom stereocenters. The van der Waals surface area contributed by atoms with Gasteiger partial charge in [-0.1, -0.05) is 0 Å². The maximum atomic E-state index is 13.4. The summed E-state index contributed by atoms with van der Waals surface area (Å²) in [5.41, 5.74) is -0.817. The second-order valence-electron chi connectivity index (χ2n) is 3.69. The highest BCUT2D eigenvalue weighted by atomic mass is 79.9. The quantitative estimate of drug-likeness (QED) is 0.849. The normalized spacial score (nSPS) is 11.4. The van der Waals surface area contributed by atoms with Gasteiger partial charge in [0.2, 0.25) is 0 Å². The Kier molecular flexibility index (Phi) is 4.00. The molecule has 1 aromatic heterocycles. The van der Waals surface area contributed by atoms with Crippen LogP contribution in [-0.4, -0.2) is 13.4 Å². The first kappa shape index (κ1) is 14.8. The summed E-state index contributed by atoms with van der Waals surface area (Å²) in [4.78, 5) is 3.36. The molecule has 0 aliphatic rings. The number of nitrogens with zero attached hydrogens (tertiary/aromatic N) is 1. The molecule has 1 heterocycles. The van der Waals surface area contributed by atoms with Crippen molar-refractivity contribution < 1.29 is 21.6 Å². The van der Waals surface area contributed by atoms with Crippen molar-refractivity contribution in [1.82, 2.24) is 4.98 Å². The first-order valence-electron chi connectivity index (χ1n) is 5.07. The van der Waals surface area contributed by atoms with E-state index in [1.165, 1.54) is 12.3 Å². The van der Waals surface area contributed by atoms with E-state index in [0.29, 0.717) is 16.6 Å². The highest BCUT2D eigenvalue weighted by Gasteiger charge is 2.19. The van der Waals surface area contributed by atoms with E-state index in [9.17, 15) is 21.6 Å². The van der Waals surface area contributed by atoms with Crippen LogP contribution in [0.25, 0.3) is 0 Å². The molecule has 0 aliphatic carbocycles. The van der Waals surface area contributed by atoms with Crippen molar-refractivity contribution in [3.05, 3.63) is 52.5 Å². The average molecular weight is 367 g/mol. The summed E-state index contributed by atoms with van der Waals surface area (Å²) in [6.07, 6.45) is 2.36. The van der Waals surface area contributed by atoms with Gasteiger partial charge < -0.3 is 0 Å². The lowest BCUT2D eigenvalue weighted by molar-refractivity contribution is 0.498. The Morgan fingerprint density at radius 1 is 1.10 bits per heavy atom. The summed E-state index contributed by atoms with van der Waals surface area (Å²) in [6, 6.07) is 2.07. The molecule has 0 fully saturated rings. The fourth-order valence-corrected chi connectivity index (χ4v) is 2.93. The number of hydrogen-bond donors (Lipinski definition) is 1. The summed E-state index contributed by atoms with van der Waals surface area (Å²) in [5.74, 6) is -4.08. The van der Waals surface area contributed by atoms with E-state index >= 15 is 0 Å². The predicted molar refractivity (Wildman–Crippen MR) is 69.1 cm³/mol. The Balaban J connectivity index is 2.44. The van der Waals surface area contributed by atoms with Gasteiger partial charge in [0.1, 0.15) is 10.7 Å². The highest BCUT2D eigenvalue weighted by molar-refractivity contribution is 9.10. The number of halogens is 4. The summed E-state index contributed by atoms with van der Waals surface area (Å²) >= 11 is 3.03. The molecule has 0 saturated heterocycles. The van der Waals surface area contributed by atoms with Crippen molar-refractivity contribution in [3.8, 4) is 0 Å². The maximum absolute atomic E-state index is 13.4. The van der Waals surface area contributed by atoms with Crippen LogP contribution in [0.4, 0.5) is 18.9 Å². The van der Waals surface area contributed by atoms with Gasteiger partial charge in [-0.3, -0.25) is 9.71 Å². The van der Waals surface area contributed by atoms with Crippen LogP contribution in [-0.2, 0) is 10.0 Å². The Hall–Kier alpha value is -1.61. The second-order valence-corrected chi connectivity index (χ2v) is 6.29. The van der Waals surface area contributed by atoms with Crippen molar-refractivity contribution in [2.24, 2.45) is 0 Å². The number of aromatic nitrogens is 1. The molecule has 1 aromatic carbocycles. The average Bonchev–Trinajstić information content (AvgIpc) is 2.35. The number of hydrogen-bond acceptors (Lipinski definition) is 3. The summed E-state index contributed by atoms with van der Waals surface area (Å²) in [7, 11) is -4.21. The molecule has 0 aliphatic heterocycles. The third kappa shape index (κ3) is 3.10. The molecule has 0 radical (unpaired) electrons. The fourth-order valence-electron chi connectivity index (χ4n) is 1.37. The smallest absolute Gasteiger partial charge is 0.263 e. The highest BCUT2D eigenvalue weighted by Crippen LogP contribution is 2.23. The molecule has 1 N–H and O–H groups in total. The topological polar surface area (TPSA) is 59.1 Å². The molecule has 20 heavy (non-hydrogen) atoms. The van der Waals surface area contributed by atoms with Gasteiger partial charge in [-0.05, 0) is 22.0 Å². The lowest BCUT2D eigenvalue weighted by Crippen LogP contribution is -2.15. The number of benzene rings is 1. The van der Waals surface area contributed by atoms with Gasteiger partial charge in [0, 0.05) is 29.0 Å². The lowest BCUT2D eigenvalue weighted by Gasteiger charge is -2.09. The van der Waals surface area contributed by atoms with Crippen LogP contribution in [0.3, 0.4) is 0 Å². The van der Waals surface area contributed by atoms with E-state index in [-0.39, 0.29) is 4.90 Å². The third-order valence-electron chi connectivity index (χ3n) is 2.23. The largest absolute Gasteiger partial charge is 0.276 e. The molecule has 0 spiro atoms. The minimum absolute atomic E-state index is 0.282. The maximum Gasteiger partial charge on any atom is 0.263 e. The molecule has 106 valence electrons. The van der Waals surface area contributed by atoms with Crippen molar-refractivity contribution >= 4 is 31.6 Å². The first-order chi connectivity index (χ1) is 9.29. The Morgan fingerprint density at radius 3 is 2.45 bits per heavy atom. The first-order valence-corrected chi connectivity index (χ1v) is 7.35. The van der Waals surface area contributed by atoms with Crippen LogP contribution in [0.5, 0.6) is 0 Å². The zero-order valence-electron chi connectivity index (χ0n) is 9.57. The lowest BCUT2D eigenvalue weighted by atomic mass is 10.3. The SMILES string of the molecule is O=S(=O)(Nc1cc(F)cc(F)c1F)c1cncc(Br)c1. The Labute approximate surface area is 120 Å². The van der Waals surface area contributed by atoms with Gasteiger partial charge >= 0.3 is 0 Å². The molecule has 0 saturated carbocycles. The molecule has 0 bridgehead atoms. The van der Waals surface area contributed by atoms with Crippen LogP contribution in [0, 0.1) is 17.5 Å². The van der Waals surface area contributed by atoms with Gasteiger partial charge in [-0.25, -0.2) is 21.6 Å². The molecular formula is C11H6BrF3N2O2S. The summed E-state index contributed by atoms with van der Waals surface area (Å²) in [6.45, 7) is 0. The molecular weight excluding hydrogens is 361 g/mol. The number of sulfonamides is 1. The van der Waals surface area contributed by atoms with Crippen molar-refractivity contribution in [2.45, 2.75) is 4.90 Å². The Bertz CT molecular complexity index is 768. The number of nitrogens with one attached hydrogen (secondary N) is 1. The third-order valence-corrected chi connectivity index (χ3v) is 3.99. The van der Waals surface area contributed by atoms with Crippen LogP contribution >= 0.6 is 15.9 Å². The van der Waals surface area contributed by atoms with Crippen molar-refractivity contribution in [2.75, 3.05) is 4.72 Å². The summed E-state index contributed by atoms with van der Waals surface area (Å²) < 4.78 is 65.5. The molecule has 9 heteroatoms. The van der Waals surface area contributed by atoms with Gasteiger partial charge in [0.05, 0.1) is 5.69 Å². The molecule has 4 nitrogen and oxygen atoms in total. The standard InChI is InChI=1S/C11H6BrF3N2O2S/c12-6-1-8(5-16-4-6)20(18,19)17-10-3-7(13)2-9(14)11(10)15/h1-5,17H. The molecule has 2 rings (SSSR count). The van der Waals surface area contributed by atoms with Crippen LogP contribution < -0.4 is 4.72 Å². The van der Waals surface area contributed by atoms with E-state index < -0.39 is 33.2 Å². The van der Waals surface area contributed by atoms with Gasteiger partial charge in [-0.15, -0.1) is 0 Å². The number of pyridine rings is 1. The van der Waals surface area contributed by atoms with Gasteiger partial charge in [0.25, 0.3) is 10.0 Å². The number of rotatable bonds is 3. The zero-order valence-corrected chi connectivity index (χ0v) is 12.0. The number of anilines is 1. The predicted octanol–water partition coefficient (Wildman–Crippen LogP) is 3.06. The molecule has 0 amide bonds. The zero-order chi connectivity index (χ0) is 14.9. The summed E-state index contributed by atoms with van der Waals surface area (Å²) in [5, 5.41) is 0. The van der Waals surface area contributed by atoms with E-state index in [2.05, 4.69) is 20.9 Å². The van der Waals surface area contributed by atoms with E-state index in [0.717, 1.165) is 6.20 Å². The van der Waals surface area contributed by atoms with Crippen LogP contribution in [0.2, 0.25) is 0 Å². The van der Waals surface area contributed by atoms with E-state index in [4.69, 9.17) is 0 Å². The second kappa shape index (κ2) is 5.41. The van der Waals surface area contributed by atoms with Gasteiger partial charge in [0.15, 0.2) is 11.6 Å². The Morgan fingerprint density at radius 2 is 1.80 bits per heavy atom. The molecule has 0 unspecified atom stereocenters. The van der Waals surface area contributed by atoms with E-state index in [1.54, 1.807) is 4.72 Å². The minimum atomic E-state index is -4.21. The van der Waals surface area contributed by atoms with Crippen molar-refractivity contribution in [3.63, 3.8) is 0 Å².